The average Bonchev–Trinajstić information content (AvgIpc) is 3.26. The van der Waals surface area contributed by atoms with Crippen molar-refractivity contribution in [3.05, 3.63) is 36.0 Å². The molecule has 1 aromatic heterocycles. The predicted octanol–water partition coefficient (Wildman–Crippen LogP) is 2.79. The lowest BCUT2D eigenvalue weighted by Gasteiger charge is -2.26. The first-order valence-electron chi connectivity index (χ1n) is 9.68. The van der Waals surface area contributed by atoms with Gasteiger partial charge in [0.1, 0.15) is 5.69 Å². The van der Waals surface area contributed by atoms with E-state index < -0.39 is 0 Å². The topological polar surface area (TPSA) is 43.2 Å². The van der Waals surface area contributed by atoms with E-state index in [0.29, 0.717) is 6.04 Å². The summed E-state index contributed by atoms with van der Waals surface area (Å²) < 4.78 is 7.76. The molecule has 2 fully saturated rings. The lowest BCUT2D eigenvalue weighted by atomic mass is 9.91. The smallest absolute Gasteiger partial charge is 0.116 e. The highest BCUT2D eigenvalue weighted by atomic mass is 16.5. The first-order chi connectivity index (χ1) is 12.4. The molecular weight excluding hydrogens is 312 g/mol. The van der Waals surface area contributed by atoms with E-state index in [2.05, 4.69) is 50.2 Å². The van der Waals surface area contributed by atoms with Gasteiger partial charge in [-0.05, 0) is 37.5 Å². The highest BCUT2D eigenvalue weighted by molar-refractivity contribution is 5.61. The quantitative estimate of drug-likeness (QED) is 0.863. The van der Waals surface area contributed by atoms with Crippen LogP contribution in [0.3, 0.4) is 0 Å². The summed E-state index contributed by atoms with van der Waals surface area (Å²) in [5, 5.41) is 9.12. The molecule has 5 heteroatoms. The molecule has 0 aliphatic carbocycles. The minimum atomic E-state index is 0.508. The molecule has 132 valence electrons. The second-order valence-electron chi connectivity index (χ2n) is 7.84. The standard InChI is InChI=1S/C20H26N4O/c1-2-4-16(5-3-1)20-18-7-6-17-13-23(12-15-8-10-25-11-9-15)14-19(17)24(18)22-21-20/h1-5,15,17,19H,6-14H2/t17-,19-/m1/s1. The number of hydrogen-bond acceptors (Lipinski definition) is 4. The Morgan fingerprint density at radius 3 is 2.72 bits per heavy atom. The van der Waals surface area contributed by atoms with Gasteiger partial charge in [0, 0.05) is 38.4 Å². The molecule has 0 bridgehead atoms. The van der Waals surface area contributed by atoms with Gasteiger partial charge >= 0.3 is 0 Å². The number of rotatable bonds is 3. The summed E-state index contributed by atoms with van der Waals surface area (Å²) in [6, 6.07) is 11.0. The van der Waals surface area contributed by atoms with Crippen LogP contribution in [0.25, 0.3) is 11.3 Å². The molecule has 0 radical (unpaired) electrons. The van der Waals surface area contributed by atoms with Crippen LogP contribution in [0.15, 0.2) is 30.3 Å². The van der Waals surface area contributed by atoms with E-state index in [1.165, 1.54) is 43.6 Å². The van der Waals surface area contributed by atoms with Gasteiger partial charge in [-0.3, -0.25) is 0 Å². The Balaban J connectivity index is 1.34. The fourth-order valence-corrected chi connectivity index (χ4v) is 4.90. The SMILES string of the molecule is c1ccc(-c2nnn3c2CC[C@@H]2CN(CC4CCOCC4)C[C@H]23)cc1. The van der Waals surface area contributed by atoms with Crippen molar-refractivity contribution < 1.29 is 4.74 Å². The number of hydrogen-bond donors (Lipinski definition) is 0. The Hall–Kier alpha value is -1.72. The second kappa shape index (κ2) is 6.54. The third kappa shape index (κ3) is 2.89. The van der Waals surface area contributed by atoms with Gasteiger partial charge in [-0.2, -0.15) is 0 Å². The zero-order chi connectivity index (χ0) is 16.6. The second-order valence-corrected chi connectivity index (χ2v) is 7.84. The number of benzene rings is 1. The van der Waals surface area contributed by atoms with Crippen LogP contribution < -0.4 is 0 Å². The van der Waals surface area contributed by atoms with E-state index >= 15 is 0 Å². The fourth-order valence-electron chi connectivity index (χ4n) is 4.90. The van der Waals surface area contributed by atoms with Crippen LogP contribution in [-0.2, 0) is 11.2 Å². The number of ether oxygens (including phenoxy) is 1. The van der Waals surface area contributed by atoms with Gasteiger partial charge in [-0.15, -0.1) is 5.10 Å². The zero-order valence-corrected chi connectivity index (χ0v) is 14.7. The molecule has 3 aliphatic rings. The van der Waals surface area contributed by atoms with Crippen LogP contribution in [-0.4, -0.2) is 52.7 Å². The summed E-state index contributed by atoms with van der Waals surface area (Å²) in [6.45, 7) is 5.47. The van der Waals surface area contributed by atoms with E-state index in [-0.39, 0.29) is 0 Å². The van der Waals surface area contributed by atoms with Crippen LogP contribution in [0.4, 0.5) is 0 Å². The monoisotopic (exact) mass is 338 g/mol. The van der Waals surface area contributed by atoms with Crippen molar-refractivity contribution >= 4 is 0 Å². The molecule has 0 spiro atoms. The maximum atomic E-state index is 5.51. The first kappa shape index (κ1) is 15.5. The minimum absolute atomic E-state index is 0.508. The molecule has 5 rings (SSSR count). The Morgan fingerprint density at radius 1 is 1.04 bits per heavy atom. The summed E-state index contributed by atoms with van der Waals surface area (Å²) in [5.74, 6) is 1.54. The molecule has 1 aromatic carbocycles. The summed E-state index contributed by atoms with van der Waals surface area (Å²) in [5.41, 5.74) is 3.61. The number of aromatic nitrogens is 3. The van der Waals surface area contributed by atoms with E-state index in [1.807, 2.05) is 0 Å². The van der Waals surface area contributed by atoms with Crippen molar-refractivity contribution in [3.8, 4) is 11.3 Å². The highest BCUT2D eigenvalue weighted by Gasteiger charge is 2.40. The van der Waals surface area contributed by atoms with Gasteiger partial charge < -0.3 is 9.64 Å². The molecule has 5 nitrogen and oxygen atoms in total. The number of likely N-dealkylation sites (tertiary alicyclic amines) is 1. The third-order valence-electron chi connectivity index (χ3n) is 6.24. The molecule has 0 saturated carbocycles. The molecule has 2 aromatic rings. The summed E-state index contributed by atoms with van der Waals surface area (Å²) in [4.78, 5) is 2.67. The van der Waals surface area contributed by atoms with Gasteiger partial charge in [-0.25, -0.2) is 4.68 Å². The van der Waals surface area contributed by atoms with Crippen molar-refractivity contribution in [1.29, 1.82) is 0 Å². The van der Waals surface area contributed by atoms with E-state index in [9.17, 15) is 0 Å². The van der Waals surface area contributed by atoms with Gasteiger partial charge in [-0.1, -0.05) is 35.5 Å². The largest absolute Gasteiger partial charge is 0.381 e. The Labute approximate surface area is 149 Å². The normalized spacial score (nSPS) is 27.2. The van der Waals surface area contributed by atoms with Crippen LogP contribution in [0.2, 0.25) is 0 Å². The van der Waals surface area contributed by atoms with Crippen LogP contribution in [0.5, 0.6) is 0 Å². The molecule has 25 heavy (non-hydrogen) atoms. The molecule has 2 atom stereocenters. The summed E-state index contributed by atoms with van der Waals surface area (Å²) in [6.07, 6.45) is 4.81. The van der Waals surface area contributed by atoms with E-state index in [1.54, 1.807) is 0 Å². The lowest BCUT2D eigenvalue weighted by molar-refractivity contribution is 0.0548. The van der Waals surface area contributed by atoms with Crippen molar-refractivity contribution in [1.82, 2.24) is 19.9 Å². The highest BCUT2D eigenvalue weighted by Crippen LogP contribution is 2.39. The summed E-state index contributed by atoms with van der Waals surface area (Å²) in [7, 11) is 0. The molecule has 0 N–H and O–H groups in total. The average molecular weight is 338 g/mol. The van der Waals surface area contributed by atoms with Crippen molar-refractivity contribution in [2.75, 3.05) is 32.8 Å². The van der Waals surface area contributed by atoms with Crippen LogP contribution >= 0.6 is 0 Å². The first-order valence-corrected chi connectivity index (χ1v) is 9.68. The van der Waals surface area contributed by atoms with Crippen LogP contribution in [0, 0.1) is 11.8 Å². The van der Waals surface area contributed by atoms with Gasteiger partial charge in [0.25, 0.3) is 0 Å². The van der Waals surface area contributed by atoms with Crippen molar-refractivity contribution in [2.24, 2.45) is 11.8 Å². The Kier molecular flexibility index (Phi) is 4.06. The van der Waals surface area contributed by atoms with Crippen molar-refractivity contribution in [2.45, 2.75) is 31.7 Å². The van der Waals surface area contributed by atoms with Gasteiger partial charge in [0.05, 0.1) is 11.7 Å². The molecule has 4 heterocycles. The Bertz CT molecular complexity index is 723. The van der Waals surface area contributed by atoms with Gasteiger partial charge in [0.2, 0.25) is 0 Å². The zero-order valence-electron chi connectivity index (χ0n) is 14.7. The van der Waals surface area contributed by atoms with E-state index in [0.717, 1.165) is 43.7 Å². The molecular formula is C20H26N4O. The van der Waals surface area contributed by atoms with Gasteiger partial charge in [0.15, 0.2) is 0 Å². The summed E-state index contributed by atoms with van der Waals surface area (Å²) >= 11 is 0. The van der Waals surface area contributed by atoms with Crippen molar-refractivity contribution in [3.63, 3.8) is 0 Å². The maximum Gasteiger partial charge on any atom is 0.116 e. The molecule has 3 aliphatic heterocycles. The number of nitrogens with zero attached hydrogens (tertiary/aromatic N) is 4. The Morgan fingerprint density at radius 2 is 1.88 bits per heavy atom. The fraction of sp³-hybridized carbons (Fsp3) is 0.600. The van der Waals surface area contributed by atoms with Crippen LogP contribution in [0.1, 0.15) is 31.0 Å². The molecule has 0 unspecified atom stereocenters. The molecule has 2 saturated heterocycles. The molecule has 0 amide bonds. The number of fused-ring (bicyclic) bond motifs is 3. The lowest BCUT2D eigenvalue weighted by Crippen LogP contribution is -2.31. The predicted molar refractivity (Wildman–Crippen MR) is 96.3 cm³/mol. The minimum Gasteiger partial charge on any atom is -0.381 e. The maximum absolute atomic E-state index is 5.51. The van der Waals surface area contributed by atoms with E-state index in [4.69, 9.17) is 4.74 Å². The third-order valence-corrected chi connectivity index (χ3v) is 6.24.